The number of hydrogen-bond donors (Lipinski definition) is 3. The molecule has 0 bridgehead atoms. The Balaban J connectivity index is 1.42. The summed E-state index contributed by atoms with van der Waals surface area (Å²) in [5, 5.41) is 15.8. The number of carbonyl (C=O) groups is 1. The van der Waals surface area contributed by atoms with Crippen LogP contribution in [0.5, 0.6) is 0 Å². The van der Waals surface area contributed by atoms with E-state index in [0.29, 0.717) is 45.3 Å². The maximum atomic E-state index is 13.1. The minimum Gasteiger partial charge on any atom is -0.459 e. The monoisotopic (exact) mass is 515 g/mol. The summed E-state index contributed by atoms with van der Waals surface area (Å²) in [4.78, 5) is 20.8. The Bertz CT molecular complexity index is 1080. The van der Waals surface area contributed by atoms with Crippen molar-refractivity contribution in [3.8, 4) is 0 Å². The fourth-order valence-electron chi connectivity index (χ4n) is 4.23. The standard InChI is InChI=1S/C26H33N3O6S/c1-2-34-26-19(7-10-32-12-13-33-11-9-30)20(18-8-14-36-17-18)15-23(35-26)25(31)27-16-24-28-21-5-3-4-6-22(21)29-24/h3-6,8,14-15,17,19-20,26,30H,2,7,9-13,16H2,1H3,(H,27,31)(H,28,29)/t19-,20+,26+/m1/s1. The van der Waals surface area contributed by atoms with Crippen molar-refractivity contribution in [2.24, 2.45) is 5.92 Å². The highest BCUT2D eigenvalue weighted by Crippen LogP contribution is 2.39. The summed E-state index contributed by atoms with van der Waals surface area (Å²) in [7, 11) is 0. The molecule has 0 aliphatic carbocycles. The minimum absolute atomic E-state index is 0.00170. The Morgan fingerprint density at radius 1 is 1.19 bits per heavy atom. The predicted octanol–water partition coefficient (Wildman–Crippen LogP) is 3.33. The number of rotatable bonds is 14. The molecule has 9 nitrogen and oxygen atoms in total. The van der Waals surface area contributed by atoms with Crippen LogP contribution in [-0.4, -0.2) is 66.9 Å². The van der Waals surface area contributed by atoms with E-state index in [0.717, 1.165) is 16.6 Å². The fourth-order valence-corrected chi connectivity index (χ4v) is 4.94. The Labute approximate surface area is 214 Å². The average Bonchev–Trinajstić information content (AvgIpc) is 3.57. The number of benzene rings is 1. The first kappa shape index (κ1) is 26.3. The van der Waals surface area contributed by atoms with Gasteiger partial charge in [-0.25, -0.2) is 4.98 Å². The van der Waals surface area contributed by atoms with Gasteiger partial charge in [0, 0.05) is 25.0 Å². The van der Waals surface area contributed by atoms with Crippen molar-refractivity contribution in [3.63, 3.8) is 0 Å². The highest BCUT2D eigenvalue weighted by atomic mass is 32.1. The summed E-state index contributed by atoms with van der Waals surface area (Å²) in [5.41, 5.74) is 2.90. The van der Waals surface area contributed by atoms with E-state index in [1.165, 1.54) is 0 Å². The van der Waals surface area contributed by atoms with Gasteiger partial charge >= 0.3 is 0 Å². The van der Waals surface area contributed by atoms with Crippen molar-refractivity contribution in [3.05, 3.63) is 64.3 Å². The van der Waals surface area contributed by atoms with E-state index in [2.05, 4.69) is 26.7 Å². The smallest absolute Gasteiger partial charge is 0.286 e. The Morgan fingerprint density at radius 2 is 2.03 bits per heavy atom. The number of para-hydroxylation sites is 2. The van der Waals surface area contributed by atoms with E-state index < -0.39 is 6.29 Å². The highest BCUT2D eigenvalue weighted by Gasteiger charge is 2.38. The van der Waals surface area contributed by atoms with E-state index >= 15 is 0 Å². The number of carbonyl (C=O) groups excluding carboxylic acids is 1. The minimum atomic E-state index is -0.578. The van der Waals surface area contributed by atoms with Gasteiger partial charge in [-0.1, -0.05) is 12.1 Å². The predicted molar refractivity (Wildman–Crippen MR) is 136 cm³/mol. The Morgan fingerprint density at radius 3 is 2.78 bits per heavy atom. The van der Waals surface area contributed by atoms with Gasteiger partial charge < -0.3 is 34.4 Å². The van der Waals surface area contributed by atoms with Gasteiger partial charge in [0.25, 0.3) is 5.91 Å². The second-order valence-electron chi connectivity index (χ2n) is 8.34. The van der Waals surface area contributed by atoms with Gasteiger partial charge in [-0.15, -0.1) is 0 Å². The van der Waals surface area contributed by atoms with Crippen LogP contribution in [0.25, 0.3) is 11.0 Å². The zero-order valence-corrected chi connectivity index (χ0v) is 21.2. The highest BCUT2D eigenvalue weighted by molar-refractivity contribution is 7.08. The van der Waals surface area contributed by atoms with Gasteiger partial charge in [0.15, 0.2) is 5.76 Å². The average molecular weight is 516 g/mol. The number of aliphatic hydroxyl groups excluding tert-OH is 1. The largest absolute Gasteiger partial charge is 0.459 e. The topological polar surface area (TPSA) is 115 Å². The van der Waals surface area contributed by atoms with Crippen molar-refractivity contribution >= 4 is 28.3 Å². The van der Waals surface area contributed by atoms with Gasteiger partial charge in [0.1, 0.15) is 5.82 Å². The van der Waals surface area contributed by atoms with Crippen LogP contribution in [-0.2, 0) is 30.3 Å². The maximum Gasteiger partial charge on any atom is 0.286 e. The molecule has 0 radical (unpaired) electrons. The Kier molecular flexibility index (Phi) is 9.88. The third kappa shape index (κ3) is 6.92. The number of aromatic nitrogens is 2. The molecular weight excluding hydrogens is 482 g/mol. The number of nitrogens with one attached hydrogen (secondary N) is 2. The number of aromatic amines is 1. The molecule has 2 aromatic heterocycles. The second-order valence-corrected chi connectivity index (χ2v) is 9.12. The molecule has 1 aliphatic heterocycles. The molecule has 0 spiro atoms. The van der Waals surface area contributed by atoms with Gasteiger partial charge in [-0.05, 0) is 53.9 Å². The first-order valence-electron chi connectivity index (χ1n) is 12.2. The molecule has 0 unspecified atom stereocenters. The lowest BCUT2D eigenvalue weighted by molar-refractivity contribution is -0.168. The van der Waals surface area contributed by atoms with E-state index in [1.807, 2.05) is 42.6 Å². The van der Waals surface area contributed by atoms with E-state index in [9.17, 15) is 4.79 Å². The Hall–Kier alpha value is -2.76. The van der Waals surface area contributed by atoms with Gasteiger partial charge in [-0.2, -0.15) is 11.3 Å². The van der Waals surface area contributed by atoms with Crippen LogP contribution < -0.4 is 5.32 Å². The normalized spacial score (nSPS) is 19.7. The fraction of sp³-hybridized carbons (Fsp3) is 0.462. The molecule has 0 saturated heterocycles. The van der Waals surface area contributed by atoms with E-state index in [-0.39, 0.29) is 36.7 Å². The number of ether oxygens (including phenoxy) is 4. The SMILES string of the molecule is CCO[C@H]1OC(C(=O)NCc2nc3ccccc3[nH]2)=C[C@@H](c2ccsc2)[C@H]1CCOCCOCCO. The van der Waals surface area contributed by atoms with Crippen LogP contribution in [0.2, 0.25) is 0 Å². The van der Waals surface area contributed by atoms with Crippen molar-refractivity contribution in [1.29, 1.82) is 0 Å². The lowest BCUT2D eigenvalue weighted by Gasteiger charge is -2.36. The zero-order chi connectivity index (χ0) is 25.2. The summed E-state index contributed by atoms with van der Waals surface area (Å²) in [5.74, 6) is 0.536. The van der Waals surface area contributed by atoms with Gasteiger partial charge in [-0.3, -0.25) is 4.79 Å². The zero-order valence-electron chi connectivity index (χ0n) is 20.4. The van der Waals surface area contributed by atoms with Gasteiger partial charge in [0.2, 0.25) is 6.29 Å². The van der Waals surface area contributed by atoms with E-state index in [4.69, 9.17) is 24.1 Å². The van der Waals surface area contributed by atoms with E-state index in [1.54, 1.807) is 11.3 Å². The van der Waals surface area contributed by atoms with Crippen molar-refractivity contribution in [2.75, 3.05) is 39.6 Å². The molecular formula is C26H33N3O6S. The van der Waals surface area contributed by atoms with Crippen molar-refractivity contribution in [2.45, 2.75) is 32.1 Å². The summed E-state index contributed by atoms with van der Waals surface area (Å²) in [6.45, 7) is 4.31. The van der Waals surface area contributed by atoms with Crippen LogP contribution in [0.4, 0.5) is 0 Å². The quantitative estimate of drug-likeness (QED) is 0.282. The van der Waals surface area contributed by atoms with Crippen LogP contribution in [0, 0.1) is 5.92 Å². The number of amides is 1. The second kappa shape index (κ2) is 13.5. The number of aliphatic hydroxyl groups is 1. The molecule has 36 heavy (non-hydrogen) atoms. The number of thiophene rings is 1. The molecule has 10 heteroatoms. The van der Waals surface area contributed by atoms with Crippen LogP contribution in [0.1, 0.15) is 30.7 Å². The summed E-state index contributed by atoms with van der Waals surface area (Å²) < 4.78 is 23.0. The summed E-state index contributed by atoms with van der Waals surface area (Å²) in [6, 6.07) is 9.81. The molecule has 1 aromatic carbocycles. The van der Waals surface area contributed by atoms with Crippen molar-refractivity contribution in [1.82, 2.24) is 15.3 Å². The number of allylic oxidation sites excluding steroid dienone is 1. The third-order valence-electron chi connectivity index (χ3n) is 5.93. The van der Waals surface area contributed by atoms with Crippen molar-refractivity contribution < 1.29 is 28.8 Å². The number of imidazole rings is 1. The molecule has 0 saturated carbocycles. The van der Waals surface area contributed by atoms with Crippen LogP contribution in [0.3, 0.4) is 0 Å². The maximum absolute atomic E-state index is 13.1. The molecule has 3 N–H and O–H groups in total. The van der Waals surface area contributed by atoms with Crippen LogP contribution in [0.15, 0.2) is 52.9 Å². The molecule has 1 aliphatic rings. The number of H-pyrrole nitrogens is 1. The molecule has 0 fully saturated rings. The molecule has 1 amide bonds. The lowest BCUT2D eigenvalue weighted by Crippen LogP contribution is -2.39. The molecule has 3 atom stereocenters. The molecule has 194 valence electrons. The molecule has 3 aromatic rings. The number of nitrogens with zero attached hydrogens (tertiary/aromatic N) is 1. The summed E-state index contributed by atoms with van der Waals surface area (Å²) >= 11 is 1.62. The molecule has 3 heterocycles. The first-order valence-corrected chi connectivity index (χ1v) is 13.1. The first-order chi connectivity index (χ1) is 17.7. The van der Waals surface area contributed by atoms with Crippen LogP contribution >= 0.6 is 11.3 Å². The number of hydrogen-bond acceptors (Lipinski definition) is 8. The lowest BCUT2D eigenvalue weighted by atomic mass is 9.82. The molecule has 4 rings (SSSR count). The summed E-state index contributed by atoms with van der Waals surface area (Å²) in [6.07, 6.45) is 2.00. The van der Waals surface area contributed by atoms with Gasteiger partial charge in [0.05, 0.1) is 44.0 Å². The third-order valence-corrected chi connectivity index (χ3v) is 6.63. The number of fused-ring (bicyclic) bond motifs is 1.